The fourth-order valence-corrected chi connectivity index (χ4v) is 1.33. The molecule has 1 aromatic carbocycles. The van der Waals surface area contributed by atoms with Gasteiger partial charge in [-0.15, -0.1) is 0 Å². The highest BCUT2D eigenvalue weighted by Gasteiger charge is 2.11. The van der Waals surface area contributed by atoms with E-state index in [0.29, 0.717) is 18.8 Å². The highest BCUT2D eigenvalue weighted by Crippen LogP contribution is 2.22. The second-order valence-electron chi connectivity index (χ2n) is 4.41. The number of hydrogen-bond donors (Lipinski definition) is 3. The van der Waals surface area contributed by atoms with E-state index in [9.17, 15) is 10.2 Å². The second-order valence-corrected chi connectivity index (χ2v) is 4.41. The predicted molar refractivity (Wildman–Crippen MR) is 62.7 cm³/mol. The number of rotatable bonds is 5. The summed E-state index contributed by atoms with van der Waals surface area (Å²) < 4.78 is 5.07. The van der Waals surface area contributed by atoms with Gasteiger partial charge >= 0.3 is 0 Å². The minimum atomic E-state index is -0.755. The molecule has 0 bridgehead atoms. The van der Waals surface area contributed by atoms with Crippen molar-refractivity contribution >= 4 is 0 Å². The third kappa shape index (κ3) is 4.08. The summed E-state index contributed by atoms with van der Waals surface area (Å²) in [6, 6.07) is 5.07. The third-order valence-electron chi connectivity index (χ3n) is 2.16. The molecule has 0 amide bonds. The van der Waals surface area contributed by atoms with E-state index in [4.69, 9.17) is 4.74 Å². The van der Waals surface area contributed by atoms with Gasteiger partial charge in [0.1, 0.15) is 11.5 Å². The Morgan fingerprint density at radius 3 is 2.62 bits per heavy atom. The topological polar surface area (TPSA) is 61.7 Å². The number of phenolic OH excluding ortho intramolecular Hbond substituents is 1. The Bertz CT molecular complexity index is 345. The standard InChI is InChI=1S/C12H19NO3/c1-12(2,15)8-13-7-9-6-10(16-3)4-5-11(9)14/h4-6,13-15H,7-8H2,1-3H3. The molecule has 0 radical (unpaired) electrons. The fraction of sp³-hybridized carbons (Fsp3) is 0.500. The van der Waals surface area contributed by atoms with Crippen molar-refractivity contribution in [2.45, 2.75) is 26.0 Å². The van der Waals surface area contributed by atoms with Crippen molar-refractivity contribution in [3.63, 3.8) is 0 Å². The largest absolute Gasteiger partial charge is 0.508 e. The monoisotopic (exact) mass is 225 g/mol. The number of methoxy groups -OCH3 is 1. The summed E-state index contributed by atoms with van der Waals surface area (Å²) in [4.78, 5) is 0. The van der Waals surface area contributed by atoms with Crippen LogP contribution in [0.2, 0.25) is 0 Å². The summed E-state index contributed by atoms with van der Waals surface area (Å²) in [5.41, 5.74) is -0.00214. The first-order valence-electron chi connectivity index (χ1n) is 5.21. The number of hydrogen-bond acceptors (Lipinski definition) is 4. The lowest BCUT2D eigenvalue weighted by Crippen LogP contribution is -2.34. The van der Waals surface area contributed by atoms with Gasteiger partial charge < -0.3 is 20.3 Å². The van der Waals surface area contributed by atoms with Gasteiger partial charge in [0.2, 0.25) is 0 Å². The van der Waals surface area contributed by atoms with Crippen LogP contribution >= 0.6 is 0 Å². The smallest absolute Gasteiger partial charge is 0.120 e. The zero-order valence-electron chi connectivity index (χ0n) is 9.95. The SMILES string of the molecule is COc1ccc(O)c(CNCC(C)(C)O)c1. The Morgan fingerprint density at radius 1 is 1.38 bits per heavy atom. The molecule has 3 N–H and O–H groups in total. The van der Waals surface area contributed by atoms with Crippen LogP contribution in [0.1, 0.15) is 19.4 Å². The molecule has 90 valence electrons. The van der Waals surface area contributed by atoms with E-state index in [2.05, 4.69) is 5.32 Å². The summed E-state index contributed by atoms with van der Waals surface area (Å²) in [5.74, 6) is 0.932. The summed E-state index contributed by atoms with van der Waals surface area (Å²) in [5, 5.41) is 22.2. The lowest BCUT2D eigenvalue weighted by molar-refractivity contribution is 0.0794. The average molecular weight is 225 g/mol. The Labute approximate surface area is 95.9 Å². The lowest BCUT2D eigenvalue weighted by Gasteiger charge is -2.18. The highest BCUT2D eigenvalue weighted by atomic mass is 16.5. The molecule has 0 heterocycles. The van der Waals surface area contributed by atoms with Crippen LogP contribution < -0.4 is 10.1 Å². The Kier molecular flexibility index (Phi) is 4.15. The average Bonchev–Trinajstić information content (AvgIpc) is 2.19. The van der Waals surface area contributed by atoms with Crippen molar-refractivity contribution < 1.29 is 14.9 Å². The number of phenols is 1. The van der Waals surface area contributed by atoms with Gasteiger partial charge in [-0.1, -0.05) is 0 Å². The number of ether oxygens (including phenoxy) is 1. The molecular formula is C12H19NO3. The first kappa shape index (κ1) is 12.8. The van der Waals surface area contributed by atoms with Crippen LogP contribution in [-0.2, 0) is 6.54 Å². The summed E-state index contributed by atoms with van der Waals surface area (Å²) >= 11 is 0. The second kappa shape index (κ2) is 5.18. The maximum absolute atomic E-state index is 9.60. The van der Waals surface area contributed by atoms with Gasteiger partial charge in [-0.2, -0.15) is 0 Å². The van der Waals surface area contributed by atoms with Gasteiger partial charge in [0.15, 0.2) is 0 Å². The van der Waals surface area contributed by atoms with Crippen molar-refractivity contribution in [1.82, 2.24) is 5.32 Å². The van der Waals surface area contributed by atoms with Gasteiger partial charge in [-0.3, -0.25) is 0 Å². The molecule has 4 heteroatoms. The molecule has 0 spiro atoms. The normalized spacial score (nSPS) is 11.5. The van der Waals surface area contributed by atoms with E-state index in [1.165, 1.54) is 0 Å². The molecule has 0 aromatic heterocycles. The minimum absolute atomic E-state index is 0.226. The van der Waals surface area contributed by atoms with Crippen LogP contribution in [0.4, 0.5) is 0 Å². The molecule has 0 saturated heterocycles. The number of nitrogens with one attached hydrogen (secondary N) is 1. The first-order valence-corrected chi connectivity index (χ1v) is 5.21. The number of aliphatic hydroxyl groups is 1. The van der Waals surface area contributed by atoms with Gasteiger partial charge in [0, 0.05) is 18.7 Å². The number of benzene rings is 1. The summed E-state index contributed by atoms with van der Waals surface area (Å²) in [6.07, 6.45) is 0. The van der Waals surface area contributed by atoms with E-state index in [1.54, 1.807) is 39.2 Å². The Balaban J connectivity index is 2.59. The minimum Gasteiger partial charge on any atom is -0.508 e. The molecule has 0 aliphatic heterocycles. The molecule has 0 saturated carbocycles. The Morgan fingerprint density at radius 2 is 2.06 bits per heavy atom. The van der Waals surface area contributed by atoms with Crippen molar-refractivity contribution in [1.29, 1.82) is 0 Å². The van der Waals surface area contributed by atoms with Crippen molar-refractivity contribution in [3.05, 3.63) is 23.8 Å². The number of aromatic hydroxyl groups is 1. The Hall–Kier alpha value is -1.26. The van der Waals surface area contributed by atoms with E-state index < -0.39 is 5.60 Å². The molecule has 16 heavy (non-hydrogen) atoms. The zero-order valence-corrected chi connectivity index (χ0v) is 9.95. The third-order valence-corrected chi connectivity index (χ3v) is 2.16. The molecule has 0 aliphatic rings. The van der Waals surface area contributed by atoms with Crippen molar-refractivity contribution in [3.8, 4) is 11.5 Å². The molecule has 0 fully saturated rings. The van der Waals surface area contributed by atoms with Crippen LogP contribution in [0, 0.1) is 0 Å². The van der Waals surface area contributed by atoms with Gasteiger partial charge in [-0.25, -0.2) is 0 Å². The van der Waals surface area contributed by atoms with Crippen LogP contribution in [0.5, 0.6) is 11.5 Å². The maximum Gasteiger partial charge on any atom is 0.120 e. The van der Waals surface area contributed by atoms with Crippen LogP contribution in [0.25, 0.3) is 0 Å². The lowest BCUT2D eigenvalue weighted by atomic mass is 10.1. The van der Waals surface area contributed by atoms with Crippen LogP contribution in [0.15, 0.2) is 18.2 Å². The molecule has 0 unspecified atom stereocenters. The van der Waals surface area contributed by atoms with Crippen molar-refractivity contribution in [2.75, 3.05) is 13.7 Å². The van der Waals surface area contributed by atoms with Gasteiger partial charge in [0.25, 0.3) is 0 Å². The quantitative estimate of drug-likeness (QED) is 0.706. The van der Waals surface area contributed by atoms with E-state index in [1.807, 2.05) is 0 Å². The van der Waals surface area contributed by atoms with Crippen LogP contribution in [-0.4, -0.2) is 29.5 Å². The molecule has 1 rings (SSSR count). The van der Waals surface area contributed by atoms with E-state index >= 15 is 0 Å². The highest BCUT2D eigenvalue weighted by molar-refractivity contribution is 5.39. The summed E-state index contributed by atoms with van der Waals surface area (Å²) in [7, 11) is 1.58. The molecule has 1 aromatic rings. The van der Waals surface area contributed by atoms with Gasteiger partial charge in [-0.05, 0) is 32.0 Å². The molecule has 4 nitrogen and oxygen atoms in total. The van der Waals surface area contributed by atoms with Crippen LogP contribution in [0.3, 0.4) is 0 Å². The fourth-order valence-electron chi connectivity index (χ4n) is 1.33. The van der Waals surface area contributed by atoms with Gasteiger partial charge in [0.05, 0.1) is 12.7 Å². The zero-order chi connectivity index (χ0) is 12.2. The summed E-state index contributed by atoms with van der Waals surface area (Å²) in [6.45, 7) is 4.41. The maximum atomic E-state index is 9.60. The first-order chi connectivity index (χ1) is 7.42. The van der Waals surface area contributed by atoms with E-state index in [-0.39, 0.29) is 5.75 Å². The van der Waals surface area contributed by atoms with E-state index in [0.717, 1.165) is 5.56 Å². The predicted octanol–water partition coefficient (Wildman–Crippen LogP) is 1.26. The molecular weight excluding hydrogens is 206 g/mol. The molecule has 0 atom stereocenters. The van der Waals surface area contributed by atoms with Crippen molar-refractivity contribution in [2.24, 2.45) is 0 Å². The molecule has 0 aliphatic carbocycles.